The number of hydrogen-bond donors (Lipinski definition) is 0. The van der Waals surface area contributed by atoms with Gasteiger partial charge < -0.3 is 19.3 Å². The van der Waals surface area contributed by atoms with Gasteiger partial charge in [0.25, 0.3) is 0 Å². The first-order chi connectivity index (χ1) is 14.9. The fourth-order valence-electron chi connectivity index (χ4n) is 3.58. The Morgan fingerprint density at radius 1 is 0.781 bits per heavy atom. The molecule has 2 amide bonds. The number of pyridine rings is 1. The van der Waals surface area contributed by atoms with Crippen molar-refractivity contribution < 1.29 is 19.1 Å². The van der Waals surface area contributed by atoms with Crippen LogP contribution in [0.2, 0.25) is 0 Å². The molecule has 0 aliphatic carbocycles. The third-order valence-electron chi connectivity index (χ3n) is 5.13. The van der Waals surface area contributed by atoms with Gasteiger partial charge in [-0.25, -0.2) is 14.6 Å². The molecule has 0 saturated carbocycles. The fourth-order valence-corrected chi connectivity index (χ4v) is 3.58. The van der Waals surface area contributed by atoms with Gasteiger partial charge in [0, 0.05) is 26.2 Å². The lowest BCUT2D eigenvalue weighted by Gasteiger charge is -2.30. The summed E-state index contributed by atoms with van der Waals surface area (Å²) >= 11 is 0. The summed E-state index contributed by atoms with van der Waals surface area (Å²) in [6.07, 6.45) is 5.02. The number of amides is 2. The summed E-state index contributed by atoms with van der Waals surface area (Å²) in [6.45, 7) is 13.5. The van der Waals surface area contributed by atoms with E-state index in [-0.39, 0.29) is 12.2 Å². The topological polar surface area (TPSA) is 72.0 Å². The minimum atomic E-state index is -0.496. The Labute approximate surface area is 191 Å². The van der Waals surface area contributed by atoms with E-state index in [1.165, 1.54) is 0 Å². The first kappa shape index (κ1) is 23.8. The Morgan fingerprint density at radius 3 is 1.50 bits per heavy atom. The van der Waals surface area contributed by atoms with Crippen molar-refractivity contribution in [3.63, 3.8) is 0 Å². The second-order valence-corrected chi connectivity index (χ2v) is 10.2. The zero-order valence-corrected chi connectivity index (χ0v) is 20.1. The van der Waals surface area contributed by atoms with Crippen LogP contribution in [0, 0.1) is 0 Å². The van der Waals surface area contributed by atoms with Crippen molar-refractivity contribution >= 4 is 23.3 Å². The molecule has 0 N–H and O–H groups in total. The van der Waals surface area contributed by atoms with Crippen molar-refractivity contribution in [2.24, 2.45) is 0 Å². The molecule has 3 rings (SSSR count). The number of hydrogen-bond acceptors (Lipinski definition) is 5. The maximum atomic E-state index is 12.3. The average molecular weight is 442 g/mol. The van der Waals surface area contributed by atoms with Crippen molar-refractivity contribution in [3.8, 4) is 0 Å². The molecule has 0 aromatic carbocycles. The van der Waals surface area contributed by atoms with E-state index in [0.717, 1.165) is 35.4 Å². The molecule has 1 aromatic rings. The summed E-state index contributed by atoms with van der Waals surface area (Å²) in [5.74, 6) is 0. The van der Waals surface area contributed by atoms with Crippen molar-refractivity contribution in [1.82, 2.24) is 14.8 Å². The van der Waals surface area contributed by atoms with E-state index in [0.29, 0.717) is 26.2 Å². The van der Waals surface area contributed by atoms with Gasteiger partial charge in [-0.2, -0.15) is 0 Å². The molecule has 174 valence electrons. The van der Waals surface area contributed by atoms with E-state index >= 15 is 0 Å². The van der Waals surface area contributed by atoms with Gasteiger partial charge in [-0.15, -0.1) is 0 Å². The van der Waals surface area contributed by atoms with E-state index in [4.69, 9.17) is 14.5 Å². The lowest BCUT2D eigenvalue weighted by atomic mass is 10.0. The molecule has 7 heteroatoms. The van der Waals surface area contributed by atoms with Crippen LogP contribution in [0.5, 0.6) is 0 Å². The van der Waals surface area contributed by atoms with E-state index in [2.05, 4.69) is 12.2 Å². The third kappa shape index (κ3) is 6.58. The summed E-state index contributed by atoms with van der Waals surface area (Å²) in [4.78, 5) is 32.9. The SMILES string of the molecule is CC(C)(C)OC(=O)N1CC=C(c2cccc(C3=CCN(C(=O)OC(C)(C)C)CC3)n2)CC1. The van der Waals surface area contributed by atoms with Crippen LogP contribution < -0.4 is 0 Å². The highest BCUT2D eigenvalue weighted by molar-refractivity contribution is 5.74. The van der Waals surface area contributed by atoms with Crippen LogP contribution in [-0.2, 0) is 9.47 Å². The van der Waals surface area contributed by atoms with Crippen LogP contribution in [0.4, 0.5) is 9.59 Å². The van der Waals surface area contributed by atoms with E-state index < -0.39 is 11.2 Å². The van der Waals surface area contributed by atoms with Crippen LogP contribution in [0.3, 0.4) is 0 Å². The third-order valence-corrected chi connectivity index (χ3v) is 5.13. The number of ether oxygens (including phenoxy) is 2. The average Bonchev–Trinajstić information content (AvgIpc) is 2.72. The summed E-state index contributed by atoms with van der Waals surface area (Å²) in [5.41, 5.74) is 3.15. The normalized spacial score (nSPS) is 17.4. The molecule has 1 aromatic heterocycles. The fraction of sp³-hybridized carbons (Fsp3) is 0.560. The van der Waals surface area contributed by atoms with Crippen LogP contribution in [0.15, 0.2) is 30.4 Å². The molecule has 32 heavy (non-hydrogen) atoms. The minimum Gasteiger partial charge on any atom is -0.444 e. The molecular formula is C25H35N3O4. The Kier molecular flexibility index (Phi) is 6.96. The van der Waals surface area contributed by atoms with Gasteiger partial charge in [0.1, 0.15) is 11.2 Å². The first-order valence-corrected chi connectivity index (χ1v) is 11.2. The summed E-state index contributed by atoms with van der Waals surface area (Å²) in [5, 5.41) is 0. The highest BCUT2D eigenvalue weighted by atomic mass is 16.6. The molecule has 0 spiro atoms. The minimum absolute atomic E-state index is 0.281. The van der Waals surface area contributed by atoms with Crippen LogP contribution in [0.1, 0.15) is 65.8 Å². The zero-order valence-electron chi connectivity index (χ0n) is 20.1. The largest absolute Gasteiger partial charge is 0.444 e. The van der Waals surface area contributed by atoms with Gasteiger partial charge in [-0.1, -0.05) is 18.2 Å². The first-order valence-electron chi connectivity index (χ1n) is 11.2. The number of rotatable bonds is 2. The smallest absolute Gasteiger partial charge is 0.410 e. The maximum absolute atomic E-state index is 12.3. The van der Waals surface area contributed by atoms with E-state index in [9.17, 15) is 9.59 Å². The Bertz CT molecular complexity index is 851. The molecule has 2 aliphatic heterocycles. The number of carbonyl (C=O) groups is 2. The molecule has 0 atom stereocenters. The van der Waals surface area contributed by atoms with Crippen molar-refractivity contribution in [3.05, 3.63) is 41.7 Å². The van der Waals surface area contributed by atoms with Crippen molar-refractivity contribution in [2.75, 3.05) is 26.2 Å². The van der Waals surface area contributed by atoms with Gasteiger partial charge in [0.2, 0.25) is 0 Å². The number of aromatic nitrogens is 1. The Morgan fingerprint density at radius 2 is 1.19 bits per heavy atom. The molecule has 0 unspecified atom stereocenters. The second kappa shape index (κ2) is 9.35. The number of nitrogens with zero attached hydrogens (tertiary/aromatic N) is 3. The molecule has 0 radical (unpaired) electrons. The highest BCUT2D eigenvalue weighted by Crippen LogP contribution is 2.26. The molecular weight excluding hydrogens is 406 g/mol. The monoisotopic (exact) mass is 441 g/mol. The zero-order chi connectivity index (χ0) is 23.5. The molecule has 2 aliphatic rings. The maximum Gasteiger partial charge on any atom is 0.410 e. The van der Waals surface area contributed by atoms with Crippen molar-refractivity contribution in [1.29, 1.82) is 0 Å². The van der Waals surface area contributed by atoms with Gasteiger partial charge in [-0.05, 0) is 77.7 Å². The summed E-state index contributed by atoms with van der Waals surface area (Å²) < 4.78 is 10.9. The van der Waals surface area contributed by atoms with Crippen LogP contribution in [0.25, 0.3) is 11.1 Å². The van der Waals surface area contributed by atoms with Crippen LogP contribution >= 0.6 is 0 Å². The van der Waals surface area contributed by atoms with Crippen molar-refractivity contribution in [2.45, 2.75) is 65.6 Å². The summed E-state index contributed by atoms with van der Waals surface area (Å²) in [6, 6.07) is 6.03. The molecule has 0 saturated heterocycles. The quantitative estimate of drug-likeness (QED) is 0.636. The van der Waals surface area contributed by atoms with Crippen LogP contribution in [-0.4, -0.2) is 64.4 Å². The molecule has 3 heterocycles. The molecule has 0 bridgehead atoms. The predicted molar refractivity (Wildman–Crippen MR) is 125 cm³/mol. The Hall–Kier alpha value is -2.83. The summed E-state index contributed by atoms with van der Waals surface area (Å²) in [7, 11) is 0. The number of carbonyl (C=O) groups excluding carboxylic acids is 2. The van der Waals surface area contributed by atoms with Gasteiger partial charge >= 0.3 is 12.2 Å². The second-order valence-electron chi connectivity index (χ2n) is 10.2. The van der Waals surface area contributed by atoms with Gasteiger partial charge in [0.05, 0.1) is 11.4 Å². The van der Waals surface area contributed by atoms with Gasteiger partial charge in [0.15, 0.2) is 0 Å². The van der Waals surface area contributed by atoms with E-state index in [1.807, 2.05) is 59.7 Å². The highest BCUT2D eigenvalue weighted by Gasteiger charge is 2.26. The Balaban J connectivity index is 1.64. The predicted octanol–water partition coefficient (Wildman–Crippen LogP) is 5.13. The molecule has 7 nitrogen and oxygen atoms in total. The van der Waals surface area contributed by atoms with Gasteiger partial charge in [-0.3, -0.25) is 0 Å². The standard InChI is InChI=1S/C25H35N3O4/c1-24(2,3)31-22(29)27-14-10-18(11-15-27)20-8-7-9-21(26-20)19-12-16-28(17-13-19)23(30)32-25(4,5)6/h7-10,12H,11,13-17H2,1-6H3. The van der Waals surface area contributed by atoms with E-state index in [1.54, 1.807) is 9.80 Å². The lowest BCUT2D eigenvalue weighted by molar-refractivity contribution is 0.0260. The molecule has 0 fully saturated rings. The lowest BCUT2D eigenvalue weighted by Crippen LogP contribution is -2.39.